The Labute approximate surface area is 223 Å². The highest BCUT2D eigenvalue weighted by Gasteiger charge is 2.31. The van der Waals surface area contributed by atoms with Gasteiger partial charge in [-0.15, -0.1) is 0 Å². The number of aromatic nitrogens is 2. The van der Waals surface area contributed by atoms with E-state index in [-0.39, 0.29) is 29.8 Å². The SMILES string of the molecule is CS(=O)(=O)Oc1ccc(Br)c(CN2CCC(NCCc3cncn3Cc3cccc(C#N)c3F)C2=O)c1. The van der Waals surface area contributed by atoms with E-state index in [1.54, 1.807) is 47.8 Å². The molecule has 1 aliphatic rings. The molecule has 4 rings (SSSR count). The van der Waals surface area contributed by atoms with Crippen molar-refractivity contribution in [3.8, 4) is 11.8 Å². The Bertz CT molecular complexity index is 1450. The fraction of sp³-hybridized carbons (Fsp3) is 0.320. The summed E-state index contributed by atoms with van der Waals surface area (Å²) in [5.74, 6) is -0.373. The third kappa shape index (κ3) is 6.74. The molecule has 12 heteroatoms. The van der Waals surface area contributed by atoms with Crippen molar-refractivity contribution in [2.45, 2.75) is 32.0 Å². The molecule has 194 valence electrons. The Kier molecular flexibility index (Phi) is 8.26. The zero-order chi connectivity index (χ0) is 26.6. The minimum absolute atomic E-state index is 0.00631. The molecule has 1 atom stereocenters. The molecule has 2 aromatic carbocycles. The van der Waals surface area contributed by atoms with E-state index in [0.29, 0.717) is 38.0 Å². The van der Waals surface area contributed by atoms with Gasteiger partial charge in [0.2, 0.25) is 5.91 Å². The standard InChI is InChI=1S/C25H25BrFN5O4S/c1-37(34,35)36-21-5-6-22(26)19(11-21)15-31-10-8-23(25(31)33)30-9-7-20-13-29-16-32(20)14-18-4-2-3-17(12-28)24(18)27/h2-6,11,13,16,23,30H,7-10,14-15H2,1H3. The molecule has 1 saturated heterocycles. The highest BCUT2D eigenvalue weighted by atomic mass is 79.9. The van der Waals surface area contributed by atoms with E-state index >= 15 is 0 Å². The second kappa shape index (κ2) is 11.4. The highest BCUT2D eigenvalue weighted by Crippen LogP contribution is 2.26. The van der Waals surface area contributed by atoms with E-state index in [1.165, 1.54) is 6.07 Å². The maximum atomic E-state index is 14.5. The topological polar surface area (TPSA) is 117 Å². The van der Waals surface area contributed by atoms with Crippen LogP contribution in [0.4, 0.5) is 4.39 Å². The summed E-state index contributed by atoms with van der Waals surface area (Å²) < 4.78 is 44.9. The summed E-state index contributed by atoms with van der Waals surface area (Å²) in [6.45, 7) is 1.66. The smallest absolute Gasteiger partial charge is 0.306 e. The van der Waals surface area contributed by atoms with E-state index in [9.17, 15) is 17.6 Å². The average Bonchev–Trinajstić information content (AvgIpc) is 3.43. The van der Waals surface area contributed by atoms with Crippen LogP contribution >= 0.6 is 15.9 Å². The minimum Gasteiger partial charge on any atom is -0.383 e. The van der Waals surface area contributed by atoms with Crippen LogP contribution in [0.15, 0.2) is 53.4 Å². The van der Waals surface area contributed by atoms with Gasteiger partial charge < -0.3 is 19.0 Å². The van der Waals surface area contributed by atoms with Crippen molar-refractivity contribution in [1.29, 1.82) is 5.26 Å². The van der Waals surface area contributed by atoms with Gasteiger partial charge in [0.1, 0.15) is 17.6 Å². The van der Waals surface area contributed by atoms with Crippen molar-refractivity contribution in [3.05, 3.63) is 81.6 Å². The normalized spacial score (nSPS) is 15.7. The summed E-state index contributed by atoms with van der Waals surface area (Å²) in [6.07, 6.45) is 5.53. The predicted molar refractivity (Wildman–Crippen MR) is 138 cm³/mol. The van der Waals surface area contributed by atoms with Gasteiger partial charge in [0, 0.05) is 48.0 Å². The minimum atomic E-state index is -3.65. The van der Waals surface area contributed by atoms with Gasteiger partial charge in [-0.1, -0.05) is 28.1 Å². The van der Waals surface area contributed by atoms with Gasteiger partial charge >= 0.3 is 10.1 Å². The quantitative estimate of drug-likeness (QED) is 0.361. The molecule has 1 unspecified atom stereocenters. The fourth-order valence-corrected chi connectivity index (χ4v) is 5.06. The Balaban J connectivity index is 1.32. The van der Waals surface area contributed by atoms with Crippen LogP contribution in [-0.4, -0.2) is 54.2 Å². The fourth-order valence-electron chi connectivity index (χ4n) is 4.23. The molecule has 2 heterocycles. The number of amides is 1. The van der Waals surface area contributed by atoms with E-state index in [0.717, 1.165) is 22.0 Å². The Morgan fingerprint density at radius 1 is 1.27 bits per heavy atom. The number of hydrogen-bond donors (Lipinski definition) is 1. The number of carbonyl (C=O) groups excluding carboxylic acids is 1. The summed E-state index contributed by atoms with van der Waals surface area (Å²) in [6, 6.07) is 11.1. The second-order valence-electron chi connectivity index (χ2n) is 8.75. The number of imidazole rings is 1. The van der Waals surface area contributed by atoms with Gasteiger partial charge in [-0.05, 0) is 36.2 Å². The number of hydrogen-bond acceptors (Lipinski definition) is 7. The first kappa shape index (κ1) is 26.8. The van der Waals surface area contributed by atoms with Crippen LogP contribution in [0.1, 0.15) is 28.8 Å². The number of benzene rings is 2. The molecular weight excluding hydrogens is 565 g/mol. The van der Waals surface area contributed by atoms with Gasteiger partial charge in [0.15, 0.2) is 0 Å². The summed E-state index contributed by atoms with van der Waals surface area (Å²) in [4.78, 5) is 18.9. The molecule has 1 aromatic heterocycles. The third-order valence-corrected chi connectivity index (χ3v) is 7.30. The van der Waals surface area contributed by atoms with Crippen molar-refractivity contribution in [1.82, 2.24) is 19.8 Å². The van der Waals surface area contributed by atoms with Gasteiger partial charge in [0.05, 0.1) is 30.7 Å². The van der Waals surface area contributed by atoms with Crippen molar-refractivity contribution >= 4 is 32.0 Å². The summed E-state index contributed by atoms with van der Waals surface area (Å²) in [7, 11) is -3.65. The van der Waals surface area contributed by atoms with Gasteiger partial charge in [0.25, 0.3) is 0 Å². The zero-order valence-corrected chi connectivity index (χ0v) is 22.4. The predicted octanol–water partition coefficient (Wildman–Crippen LogP) is 2.98. The van der Waals surface area contributed by atoms with Gasteiger partial charge in [-0.2, -0.15) is 13.7 Å². The molecule has 0 bridgehead atoms. The molecule has 9 nitrogen and oxygen atoms in total. The largest absolute Gasteiger partial charge is 0.383 e. The first-order valence-corrected chi connectivity index (χ1v) is 14.1. The van der Waals surface area contributed by atoms with Gasteiger partial charge in [-0.3, -0.25) is 4.79 Å². The maximum Gasteiger partial charge on any atom is 0.306 e. The van der Waals surface area contributed by atoms with Crippen molar-refractivity contribution in [3.63, 3.8) is 0 Å². The number of nitriles is 1. The van der Waals surface area contributed by atoms with Crippen molar-refractivity contribution in [2.24, 2.45) is 0 Å². The number of nitrogens with one attached hydrogen (secondary N) is 1. The molecule has 0 spiro atoms. The maximum absolute atomic E-state index is 14.5. The molecule has 0 saturated carbocycles. The zero-order valence-electron chi connectivity index (χ0n) is 20.0. The van der Waals surface area contributed by atoms with Crippen LogP contribution in [0, 0.1) is 17.1 Å². The molecule has 1 aliphatic heterocycles. The summed E-state index contributed by atoms with van der Waals surface area (Å²) in [5, 5.41) is 12.4. The third-order valence-electron chi connectivity index (χ3n) is 6.03. The number of rotatable bonds is 10. The van der Waals surface area contributed by atoms with Crippen LogP contribution < -0.4 is 9.50 Å². The average molecular weight is 590 g/mol. The first-order valence-electron chi connectivity index (χ1n) is 11.5. The molecule has 1 amide bonds. The number of likely N-dealkylation sites (tertiary alicyclic amines) is 1. The molecule has 37 heavy (non-hydrogen) atoms. The lowest BCUT2D eigenvalue weighted by atomic mass is 10.1. The number of halogens is 2. The summed E-state index contributed by atoms with van der Waals surface area (Å²) in [5.41, 5.74) is 2.03. The van der Waals surface area contributed by atoms with E-state index < -0.39 is 15.9 Å². The Hall–Kier alpha value is -3.27. The highest BCUT2D eigenvalue weighted by molar-refractivity contribution is 9.10. The Morgan fingerprint density at radius 2 is 2.08 bits per heavy atom. The van der Waals surface area contributed by atoms with Crippen molar-refractivity contribution in [2.75, 3.05) is 19.3 Å². The number of carbonyl (C=O) groups is 1. The summed E-state index contributed by atoms with van der Waals surface area (Å²) >= 11 is 3.45. The monoisotopic (exact) mass is 589 g/mol. The van der Waals surface area contributed by atoms with Crippen LogP contribution in [-0.2, 0) is 34.4 Å². The lowest BCUT2D eigenvalue weighted by molar-refractivity contribution is -0.129. The first-order chi connectivity index (χ1) is 17.6. The molecular formula is C25H25BrFN5O4S. The molecule has 0 radical (unpaired) electrons. The van der Waals surface area contributed by atoms with Crippen LogP contribution in [0.5, 0.6) is 5.75 Å². The lowest BCUT2D eigenvalue weighted by Crippen LogP contribution is -2.39. The van der Waals surface area contributed by atoms with Crippen molar-refractivity contribution < 1.29 is 21.8 Å². The molecule has 1 fully saturated rings. The lowest BCUT2D eigenvalue weighted by Gasteiger charge is -2.19. The molecule has 1 N–H and O–H groups in total. The van der Waals surface area contributed by atoms with Crippen LogP contribution in [0.3, 0.4) is 0 Å². The van der Waals surface area contributed by atoms with E-state index in [4.69, 9.17) is 9.44 Å². The van der Waals surface area contributed by atoms with Crippen LogP contribution in [0.2, 0.25) is 0 Å². The van der Waals surface area contributed by atoms with Gasteiger partial charge in [-0.25, -0.2) is 9.37 Å². The molecule has 0 aliphatic carbocycles. The number of nitrogens with zero attached hydrogens (tertiary/aromatic N) is 4. The van der Waals surface area contributed by atoms with E-state index in [1.807, 2.05) is 10.6 Å². The van der Waals surface area contributed by atoms with E-state index in [2.05, 4.69) is 26.2 Å². The second-order valence-corrected chi connectivity index (χ2v) is 11.2. The Morgan fingerprint density at radius 3 is 2.84 bits per heavy atom. The molecule has 3 aromatic rings. The van der Waals surface area contributed by atoms with Crippen LogP contribution in [0.25, 0.3) is 0 Å².